The minimum atomic E-state index is -3.58. The van der Waals surface area contributed by atoms with E-state index in [1.54, 1.807) is 4.90 Å². The van der Waals surface area contributed by atoms with E-state index in [2.05, 4.69) is 5.32 Å². The smallest absolute Gasteiger partial charge is 0.225 e. The van der Waals surface area contributed by atoms with Crippen LogP contribution >= 0.6 is 0 Å². The lowest BCUT2D eigenvalue weighted by atomic mass is 10.1. The van der Waals surface area contributed by atoms with Gasteiger partial charge in [0, 0.05) is 26.1 Å². The predicted molar refractivity (Wildman–Crippen MR) is 81.8 cm³/mol. The summed E-state index contributed by atoms with van der Waals surface area (Å²) in [6.45, 7) is 2.72. The molecule has 0 saturated carbocycles. The van der Waals surface area contributed by atoms with Crippen LogP contribution in [0.2, 0.25) is 0 Å². The summed E-state index contributed by atoms with van der Waals surface area (Å²) >= 11 is 0. The molecule has 0 radical (unpaired) electrons. The van der Waals surface area contributed by atoms with Crippen molar-refractivity contribution in [3.8, 4) is 0 Å². The summed E-state index contributed by atoms with van der Waals surface area (Å²) in [5.41, 5.74) is 0. The highest BCUT2D eigenvalue weighted by Gasteiger charge is 2.33. The van der Waals surface area contributed by atoms with Gasteiger partial charge >= 0.3 is 0 Å². The van der Waals surface area contributed by atoms with Gasteiger partial charge in [-0.05, 0) is 31.2 Å². The first-order valence-corrected chi connectivity index (χ1v) is 9.02. The van der Waals surface area contributed by atoms with Gasteiger partial charge in [0.05, 0.1) is 16.6 Å². The average molecular weight is 342 g/mol. The van der Waals surface area contributed by atoms with Crippen LogP contribution in [0.5, 0.6) is 0 Å². The molecule has 0 spiro atoms. The van der Waals surface area contributed by atoms with Gasteiger partial charge in [-0.3, -0.25) is 9.59 Å². The molecule has 23 heavy (non-hydrogen) atoms. The molecular weight excluding hydrogens is 323 g/mol. The average Bonchev–Trinajstić information content (AvgIpc) is 2.88. The topological polar surface area (TPSA) is 83.6 Å². The minimum Gasteiger partial charge on any atom is -0.355 e. The Balaban J connectivity index is 1.86. The highest BCUT2D eigenvalue weighted by atomic mass is 32.2. The van der Waals surface area contributed by atoms with Crippen molar-refractivity contribution in [2.24, 2.45) is 5.92 Å². The lowest BCUT2D eigenvalue weighted by molar-refractivity contribution is -0.128. The molecule has 0 aromatic heterocycles. The van der Waals surface area contributed by atoms with Crippen molar-refractivity contribution >= 4 is 21.7 Å². The Labute approximate surface area is 134 Å². The number of carbonyl (C=O) groups excluding carboxylic acids is 2. The van der Waals surface area contributed by atoms with E-state index in [9.17, 15) is 22.4 Å². The Kier molecular flexibility index (Phi) is 5.35. The second kappa shape index (κ2) is 7.08. The lowest BCUT2D eigenvalue weighted by Crippen LogP contribution is -2.35. The zero-order valence-electron chi connectivity index (χ0n) is 12.8. The number of carbonyl (C=O) groups is 2. The van der Waals surface area contributed by atoms with Crippen molar-refractivity contribution in [3.05, 3.63) is 30.1 Å². The molecule has 1 aliphatic rings. The van der Waals surface area contributed by atoms with Crippen LogP contribution in [0.1, 0.15) is 13.3 Å². The van der Waals surface area contributed by atoms with Gasteiger partial charge in [0.15, 0.2) is 9.84 Å². The van der Waals surface area contributed by atoms with Crippen LogP contribution in [0, 0.1) is 11.7 Å². The number of nitrogens with one attached hydrogen (secondary N) is 1. The van der Waals surface area contributed by atoms with Gasteiger partial charge in [-0.2, -0.15) is 0 Å². The van der Waals surface area contributed by atoms with Crippen molar-refractivity contribution < 1.29 is 22.4 Å². The third kappa shape index (κ3) is 4.28. The number of likely N-dealkylation sites (tertiary alicyclic amines) is 1. The summed E-state index contributed by atoms with van der Waals surface area (Å²) in [4.78, 5) is 25.2. The lowest BCUT2D eigenvalue weighted by Gasteiger charge is -2.13. The summed E-state index contributed by atoms with van der Waals surface area (Å²) in [6.07, 6.45) is 0.157. The fourth-order valence-electron chi connectivity index (χ4n) is 2.47. The first-order valence-electron chi connectivity index (χ1n) is 7.37. The number of hydrogen-bond acceptors (Lipinski definition) is 4. The normalized spacial score (nSPS) is 18.3. The van der Waals surface area contributed by atoms with E-state index in [0.717, 1.165) is 12.1 Å². The van der Waals surface area contributed by atoms with Gasteiger partial charge in [0.1, 0.15) is 5.82 Å². The van der Waals surface area contributed by atoms with Crippen molar-refractivity contribution in [2.75, 3.05) is 25.4 Å². The molecular formula is C15H19FN2O4S. The van der Waals surface area contributed by atoms with Gasteiger partial charge in [0.2, 0.25) is 11.8 Å². The van der Waals surface area contributed by atoms with Gasteiger partial charge < -0.3 is 10.2 Å². The predicted octanol–water partition coefficient (Wildman–Crippen LogP) is 0.584. The SMILES string of the molecule is CCN1C[C@@H](C(=O)NCCS(=O)(=O)c2ccc(F)cc2)CC1=O. The minimum absolute atomic E-state index is 0.0151. The summed E-state index contributed by atoms with van der Waals surface area (Å²) in [6, 6.07) is 4.55. The van der Waals surface area contributed by atoms with Crippen molar-refractivity contribution in [1.29, 1.82) is 0 Å². The number of sulfone groups is 1. The van der Waals surface area contributed by atoms with Gasteiger partial charge in [-0.1, -0.05) is 0 Å². The molecule has 1 aromatic carbocycles. The van der Waals surface area contributed by atoms with Crippen LogP contribution in [-0.2, 0) is 19.4 Å². The summed E-state index contributed by atoms with van der Waals surface area (Å²) < 4.78 is 36.9. The largest absolute Gasteiger partial charge is 0.355 e. The van der Waals surface area contributed by atoms with Crippen LogP contribution in [0.4, 0.5) is 4.39 Å². The molecule has 1 N–H and O–H groups in total. The molecule has 1 saturated heterocycles. The molecule has 126 valence electrons. The molecule has 1 fully saturated rings. The zero-order valence-corrected chi connectivity index (χ0v) is 13.6. The molecule has 2 rings (SSSR count). The maximum atomic E-state index is 12.8. The molecule has 8 heteroatoms. The fraction of sp³-hybridized carbons (Fsp3) is 0.467. The van der Waals surface area contributed by atoms with Crippen LogP contribution in [0.25, 0.3) is 0 Å². The van der Waals surface area contributed by atoms with Crippen LogP contribution in [0.15, 0.2) is 29.2 Å². The highest BCUT2D eigenvalue weighted by Crippen LogP contribution is 2.17. The highest BCUT2D eigenvalue weighted by molar-refractivity contribution is 7.91. The molecule has 1 aromatic rings. The number of amides is 2. The van der Waals surface area contributed by atoms with Crippen molar-refractivity contribution in [3.63, 3.8) is 0 Å². The third-order valence-electron chi connectivity index (χ3n) is 3.81. The van der Waals surface area contributed by atoms with E-state index in [0.29, 0.717) is 13.1 Å². The van der Waals surface area contributed by atoms with E-state index in [4.69, 9.17) is 0 Å². The molecule has 6 nitrogen and oxygen atoms in total. The van der Waals surface area contributed by atoms with Crippen LogP contribution < -0.4 is 5.32 Å². The van der Waals surface area contributed by atoms with Gasteiger partial charge in [-0.25, -0.2) is 12.8 Å². The Morgan fingerprint density at radius 2 is 2.00 bits per heavy atom. The molecule has 1 aliphatic heterocycles. The maximum Gasteiger partial charge on any atom is 0.225 e. The van der Waals surface area contributed by atoms with Gasteiger partial charge in [-0.15, -0.1) is 0 Å². The van der Waals surface area contributed by atoms with Gasteiger partial charge in [0.25, 0.3) is 0 Å². The zero-order chi connectivity index (χ0) is 17.0. The number of benzene rings is 1. The summed E-state index contributed by atoms with van der Waals surface area (Å²) in [5.74, 6) is -1.60. The number of nitrogens with zero attached hydrogens (tertiary/aromatic N) is 1. The quantitative estimate of drug-likeness (QED) is 0.767. The van der Waals surface area contributed by atoms with Crippen LogP contribution in [-0.4, -0.2) is 50.5 Å². The summed E-state index contributed by atoms with van der Waals surface area (Å²) in [5, 5.41) is 2.56. The molecule has 1 atom stereocenters. The molecule has 1 heterocycles. The molecule has 0 unspecified atom stereocenters. The number of hydrogen-bond donors (Lipinski definition) is 1. The number of halogens is 1. The van der Waals surface area contributed by atoms with E-state index >= 15 is 0 Å². The maximum absolute atomic E-state index is 12.8. The third-order valence-corrected chi connectivity index (χ3v) is 5.54. The van der Waals surface area contributed by atoms with E-state index in [-0.39, 0.29) is 35.4 Å². The van der Waals surface area contributed by atoms with Crippen molar-refractivity contribution in [2.45, 2.75) is 18.2 Å². The van der Waals surface area contributed by atoms with E-state index in [1.807, 2.05) is 6.92 Å². The molecule has 2 amide bonds. The Morgan fingerprint density at radius 3 is 2.57 bits per heavy atom. The Morgan fingerprint density at radius 1 is 1.35 bits per heavy atom. The summed E-state index contributed by atoms with van der Waals surface area (Å²) in [7, 11) is -3.58. The second-order valence-corrected chi connectivity index (χ2v) is 7.51. The Bertz CT molecular complexity index is 688. The van der Waals surface area contributed by atoms with Crippen molar-refractivity contribution in [1.82, 2.24) is 10.2 Å². The van der Waals surface area contributed by atoms with Crippen LogP contribution in [0.3, 0.4) is 0 Å². The monoisotopic (exact) mass is 342 g/mol. The first-order chi connectivity index (χ1) is 10.8. The van der Waals surface area contributed by atoms with E-state index < -0.39 is 21.6 Å². The second-order valence-electron chi connectivity index (χ2n) is 5.40. The molecule has 0 bridgehead atoms. The standard InChI is InChI=1S/C15H19FN2O4S/c1-2-18-10-11(9-14(18)19)15(20)17-7-8-23(21,22)13-5-3-12(16)4-6-13/h3-6,11H,2,7-10H2,1H3,(H,17,20)/t11-/m0/s1. The fourth-order valence-corrected chi connectivity index (χ4v) is 3.62. The first kappa shape index (κ1) is 17.4. The number of rotatable bonds is 6. The molecule has 0 aliphatic carbocycles. The van der Waals surface area contributed by atoms with E-state index in [1.165, 1.54) is 12.1 Å². The Hall–Kier alpha value is -1.96.